The van der Waals surface area contributed by atoms with Crippen LogP contribution in [0.4, 0.5) is 5.69 Å². The van der Waals surface area contributed by atoms with E-state index in [1.807, 2.05) is 30.3 Å². The van der Waals surface area contributed by atoms with Crippen LogP contribution in [0.25, 0.3) is 5.69 Å². The van der Waals surface area contributed by atoms with Crippen molar-refractivity contribution in [3.63, 3.8) is 0 Å². The Morgan fingerprint density at radius 2 is 2.04 bits per heavy atom. The van der Waals surface area contributed by atoms with Gasteiger partial charge >= 0.3 is 5.97 Å². The number of carbonyl (C=O) groups is 1. The van der Waals surface area contributed by atoms with Gasteiger partial charge in [-0.15, -0.1) is 0 Å². The molecule has 138 valence electrons. The van der Waals surface area contributed by atoms with Crippen LogP contribution in [0.15, 0.2) is 35.1 Å². The van der Waals surface area contributed by atoms with E-state index in [0.717, 1.165) is 0 Å². The summed E-state index contributed by atoms with van der Waals surface area (Å²) in [5, 5.41) is 11.1. The van der Waals surface area contributed by atoms with Crippen molar-refractivity contribution in [2.45, 2.75) is 19.1 Å². The molecule has 0 saturated carbocycles. The van der Waals surface area contributed by atoms with Crippen molar-refractivity contribution in [2.75, 3.05) is 17.8 Å². The first-order valence-corrected chi connectivity index (χ1v) is 9.30. The third-order valence-corrected chi connectivity index (χ3v) is 6.00. The molecule has 1 aromatic carbocycles. The van der Waals surface area contributed by atoms with Crippen LogP contribution in [-0.2, 0) is 16.6 Å². The van der Waals surface area contributed by atoms with Gasteiger partial charge in [0, 0.05) is 12.8 Å². The number of ether oxygens (including phenoxy) is 1. The SMILES string of the molecule is COC(=O)CC1(O)CSC(=S)N1c1c(C)n(C)n(-c2ccccc2)c1=O. The molecule has 1 saturated heterocycles. The van der Waals surface area contributed by atoms with Crippen molar-refractivity contribution in [2.24, 2.45) is 7.05 Å². The molecule has 0 aliphatic carbocycles. The highest BCUT2D eigenvalue weighted by Gasteiger charge is 2.47. The number of methoxy groups -OCH3 is 1. The van der Waals surface area contributed by atoms with Crippen LogP contribution in [0.1, 0.15) is 12.1 Å². The molecule has 0 bridgehead atoms. The Bertz CT molecular complexity index is 922. The average molecular weight is 393 g/mol. The molecule has 7 nitrogen and oxygen atoms in total. The zero-order valence-corrected chi connectivity index (χ0v) is 16.3. The summed E-state index contributed by atoms with van der Waals surface area (Å²) in [4.78, 5) is 26.4. The zero-order valence-electron chi connectivity index (χ0n) is 14.6. The summed E-state index contributed by atoms with van der Waals surface area (Å²) in [5.74, 6) is -0.389. The van der Waals surface area contributed by atoms with E-state index >= 15 is 0 Å². The Kier molecular flexibility index (Phi) is 4.96. The number of esters is 1. The van der Waals surface area contributed by atoms with Gasteiger partial charge < -0.3 is 9.84 Å². The number of benzene rings is 1. The number of anilines is 1. The highest BCUT2D eigenvalue weighted by Crippen LogP contribution is 2.38. The average Bonchev–Trinajstić information content (AvgIpc) is 3.02. The monoisotopic (exact) mass is 393 g/mol. The van der Waals surface area contributed by atoms with Crippen molar-refractivity contribution in [1.82, 2.24) is 9.36 Å². The maximum atomic E-state index is 13.2. The van der Waals surface area contributed by atoms with Crippen molar-refractivity contribution < 1.29 is 14.6 Å². The predicted molar refractivity (Wildman–Crippen MR) is 105 cm³/mol. The van der Waals surface area contributed by atoms with Crippen molar-refractivity contribution in [3.8, 4) is 5.69 Å². The molecule has 1 fully saturated rings. The fourth-order valence-electron chi connectivity index (χ4n) is 3.02. The lowest BCUT2D eigenvalue weighted by atomic mass is 10.1. The summed E-state index contributed by atoms with van der Waals surface area (Å²) < 4.78 is 8.25. The van der Waals surface area contributed by atoms with Gasteiger partial charge in [-0.25, -0.2) is 4.68 Å². The minimum Gasteiger partial charge on any atom is -0.469 e. The molecule has 1 atom stereocenters. The second kappa shape index (κ2) is 6.90. The Hall–Kier alpha value is -2.10. The topological polar surface area (TPSA) is 76.7 Å². The van der Waals surface area contributed by atoms with Gasteiger partial charge in [-0.2, -0.15) is 0 Å². The molecule has 0 amide bonds. The smallest absolute Gasteiger partial charge is 0.310 e. The first kappa shape index (κ1) is 18.7. The van der Waals surface area contributed by atoms with Crippen LogP contribution < -0.4 is 10.5 Å². The zero-order chi connectivity index (χ0) is 19.1. The van der Waals surface area contributed by atoms with E-state index in [-0.39, 0.29) is 23.4 Å². The molecule has 0 spiro atoms. The predicted octanol–water partition coefficient (Wildman–Crippen LogP) is 1.57. The van der Waals surface area contributed by atoms with Crippen LogP contribution >= 0.6 is 24.0 Å². The normalized spacial score (nSPS) is 19.8. The Balaban J connectivity index is 2.16. The number of hydrogen-bond donors (Lipinski definition) is 1. The third kappa shape index (κ3) is 2.95. The molecule has 2 heterocycles. The van der Waals surface area contributed by atoms with Crippen LogP contribution in [0.5, 0.6) is 0 Å². The van der Waals surface area contributed by atoms with E-state index in [1.165, 1.54) is 28.5 Å². The third-order valence-electron chi connectivity index (χ3n) is 4.43. The summed E-state index contributed by atoms with van der Waals surface area (Å²) in [6.07, 6.45) is -0.282. The van der Waals surface area contributed by atoms with E-state index in [0.29, 0.717) is 15.7 Å². The highest BCUT2D eigenvalue weighted by atomic mass is 32.2. The molecule has 1 aromatic heterocycles. The first-order chi connectivity index (χ1) is 12.3. The number of thioether (sulfide) groups is 1. The largest absolute Gasteiger partial charge is 0.469 e. The molecule has 1 unspecified atom stereocenters. The quantitative estimate of drug-likeness (QED) is 0.624. The lowest BCUT2D eigenvalue weighted by Gasteiger charge is -2.32. The maximum Gasteiger partial charge on any atom is 0.310 e. The van der Waals surface area contributed by atoms with Gasteiger partial charge in [0.2, 0.25) is 0 Å². The second-order valence-electron chi connectivity index (χ2n) is 6.04. The highest BCUT2D eigenvalue weighted by molar-refractivity contribution is 8.23. The molecule has 1 aliphatic heterocycles. The summed E-state index contributed by atoms with van der Waals surface area (Å²) in [7, 11) is 3.02. The Morgan fingerprint density at radius 1 is 1.38 bits per heavy atom. The summed E-state index contributed by atoms with van der Waals surface area (Å²) in [6.45, 7) is 1.78. The van der Waals surface area contributed by atoms with Crippen LogP contribution in [0.2, 0.25) is 0 Å². The number of aliphatic hydroxyl groups is 1. The molecule has 1 N–H and O–H groups in total. The van der Waals surface area contributed by atoms with Crippen LogP contribution in [0, 0.1) is 6.92 Å². The van der Waals surface area contributed by atoms with E-state index in [4.69, 9.17) is 12.2 Å². The van der Waals surface area contributed by atoms with Gasteiger partial charge in [-0.05, 0) is 19.1 Å². The van der Waals surface area contributed by atoms with Crippen molar-refractivity contribution in [1.29, 1.82) is 0 Å². The minimum absolute atomic E-state index is 0.181. The molecule has 26 heavy (non-hydrogen) atoms. The van der Waals surface area contributed by atoms with Gasteiger partial charge in [0.25, 0.3) is 5.56 Å². The lowest BCUT2D eigenvalue weighted by molar-refractivity contribution is -0.144. The van der Waals surface area contributed by atoms with Gasteiger partial charge in [-0.1, -0.05) is 42.2 Å². The Labute approximate surface area is 160 Å². The van der Waals surface area contributed by atoms with E-state index in [2.05, 4.69) is 4.74 Å². The molecule has 3 rings (SSSR count). The maximum absolute atomic E-state index is 13.2. The van der Waals surface area contributed by atoms with Crippen molar-refractivity contribution >= 4 is 40.0 Å². The van der Waals surface area contributed by atoms with Crippen LogP contribution in [0.3, 0.4) is 0 Å². The number of thiocarbonyl (C=S) groups is 1. The molecule has 2 aromatic rings. The number of para-hydroxylation sites is 1. The standard InChI is InChI=1S/C17H19N3O4S2/c1-11-14(15(22)20(18(11)2)12-7-5-4-6-8-12)19-16(25)26-10-17(19,23)9-13(21)24-3/h4-8,23H,9-10H2,1-3H3. The molecule has 9 heteroatoms. The fourth-order valence-corrected chi connectivity index (χ4v) is 4.43. The van der Waals surface area contributed by atoms with Gasteiger partial charge in [0.15, 0.2) is 5.72 Å². The number of carbonyl (C=O) groups excluding carboxylic acids is 1. The molecule has 1 aliphatic rings. The first-order valence-electron chi connectivity index (χ1n) is 7.90. The summed E-state index contributed by atoms with van der Waals surface area (Å²) >= 11 is 6.60. The van der Waals surface area contributed by atoms with Gasteiger partial charge in [-0.3, -0.25) is 19.2 Å². The number of hydrogen-bond acceptors (Lipinski definition) is 6. The van der Waals surface area contributed by atoms with Gasteiger partial charge in [0.1, 0.15) is 10.0 Å². The van der Waals surface area contributed by atoms with E-state index in [9.17, 15) is 14.7 Å². The number of rotatable bonds is 4. The lowest BCUT2D eigenvalue weighted by Crippen LogP contribution is -2.50. The number of aromatic nitrogens is 2. The minimum atomic E-state index is -1.60. The number of nitrogens with zero attached hydrogens (tertiary/aromatic N) is 3. The van der Waals surface area contributed by atoms with Gasteiger partial charge in [0.05, 0.1) is 24.9 Å². The van der Waals surface area contributed by atoms with Crippen molar-refractivity contribution in [3.05, 3.63) is 46.4 Å². The van der Waals surface area contributed by atoms with E-state index in [1.54, 1.807) is 18.7 Å². The molecular weight excluding hydrogens is 374 g/mol. The summed E-state index contributed by atoms with van der Waals surface area (Å²) in [5.41, 5.74) is -0.327. The molecular formula is C17H19N3O4S2. The molecule has 0 radical (unpaired) electrons. The second-order valence-corrected chi connectivity index (χ2v) is 7.64. The van der Waals surface area contributed by atoms with Crippen LogP contribution in [-0.4, -0.2) is 43.3 Å². The van der Waals surface area contributed by atoms with E-state index < -0.39 is 11.7 Å². The fraction of sp³-hybridized carbons (Fsp3) is 0.353. The Morgan fingerprint density at radius 3 is 2.65 bits per heavy atom. The summed E-state index contributed by atoms with van der Waals surface area (Å²) in [6, 6.07) is 9.19.